The number of rotatable bonds is 8. The molecule has 1 unspecified atom stereocenters. The van der Waals surface area contributed by atoms with E-state index >= 15 is 0 Å². The fourth-order valence-electron chi connectivity index (χ4n) is 2.19. The number of carbonyl (C=O) groups is 1. The Labute approximate surface area is 124 Å². The highest BCUT2D eigenvalue weighted by molar-refractivity contribution is 5.69. The van der Waals surface area contributed by atoms with Crippen LogP contribution in [0.3, 0.4) is 0 Å². The molecule has 0 aliphatic rings. The molecular formula is C17H22F2O2. The SMILES string of the molecule is CCC/C(=C\CCCC(C)C(=O)O)c1ccc(F)cc1F. The number of unbranched alkanes of at least 4 members (excludes halogenated alkanes) is 1. The molecule has 21 heavy (non-hydrogen) atoms. The fraction of sp³-hybridized carbons (Fsp3) is 0.471. The number of hydrogen-bond donors (Lipinski definition) is 1. The van der Waals surface area contributed by atoms with Gasteiger partial charge in [0.2, 0.25) is 0 Å². The summed E-state index contributed by atoms with van der Waals surface area (Å²) in [4.78, 5) is 10.7. The van der Waals surface area contributed by atoms with Crippen LogP contribution in [0, 0.1) is 17.6 Å². The minimum atomic E-state index is -0.794. The highest BCUT2D eigenvalue weighted by Gasteiger charge is 2.11. The standard InChI is InChI=1S/C17H22F2O2/c1-3-6-13(8-5-4-7-12(2)17(20)21)15-10-9-14(18)11-16(15)19/h8-12H,3-7H2,1-2H3,(H,20,21)/b13-8+. The molecule has 0 radical (unpaired) electrons. The van der Waals surface area contributed by atoms with Crippen molar-refractivity contribution in [2.75, 3.05) is 0 Å². The largest absolute Gasteiger partial charge is 0.481 e. The van der Waals surface area contributed by atoms with Gasteiger partial charge in [-0.05, 0) is 43.4 Å². The average molecular weight is 296 g/mol. The molecule has 1 rings (SSSR count). The van der Waals surface area contributed by atoms with Crippen LogP contribution in [0.5, 0.6) is 0 Å². The first-order valence-electron chi connectivity index (χ1n) is 7.33. The lowest BCUT2D eigenvalue weighted by Gasteiger charge is -2.09. The van der Waals surface area contributed by atoms with Crippen LogP contribution in [0.1, 0.15) is 51.5 Å². The molecule has 0 heterocycles. The van der Waals surface area contributed by atoms with Crippen LogP contribution in [-0.2, 0) is 4.79 Å². The molecule has 1 aromatic carbocycles. The third-order valence-corrected chi connectivity index (χ3v) is 3.45. The van der Waals surface area contributed by atoms with Gasteiger partial charge in [-0.15, -0.1) is 0 Å². The van der Waals surface area contributed by atoms with Gasteiger partial charge in [-0.25, -0.2) is 8.78 Å². The van der Waals surface area contributed by atoms with Crippen molar-refractivity contribution in [3.63, 3.8) is 0 Å². The minimum Gasteiger partial charge on any atom is -0.481 e. The molecule has 0 aliphatic carbocycles. The summed E-state index contributed by atoms with van der Waals surface area (Å²) in [7, 11) is 0. The molecule has 0 amide bonds. The molecule has 1 aromatic rings. The van der Waals surface area contributed by atoms with Crippen molar-refractivity contribution < 1.29 is 18.7 Å². The maximum absolute atomic E-state index is 13.8. The van der Waals surface area contributed by atoms with E-state index < -0.39 is 17.6 Å². The van der Waals surface area contributed by atoms with Crippen LogP contribution >= 0.6 is 0 Å². The molecule has 0 saturated carbocycles. The Hall–Kier alpha value is -1.71. The summed E-state index contributed by atoms with van der Waals surface area (Å²) in [5, 5.41) is 8.81. The highest BCUT2D eigenvalue weighted by Crippen LogP contribution is 2.24. The number of aliphatic carboxylic acids is 1. The second kappa shape index (κ2) is 8.55. The Morgan fingerprint density at radius 2 is 2.10 bits per heavy atom. The van der Waals surface area contributed by atoms with Gasteiger partial charge in [0.15, 0.2) is 0 Å². The molecule has 1 N–H and O–H groups in total. The normalized spacial score (nSPS) is 13.2. The van der Waals surface area contributed by atoms with Crippen LogP contribution in [0.2, 0.25) is 0 Å². The summed E-state index contributed by atoms with van der Waals surface area (Å²) < 4.78 is 26.8. The zero-order valence-electron chi connectivity index (χ0n) is 12.5. The molecule has 0 aromatic heterocycles. The Balaban J connectivity index is 2.72. The Morgan fingerprint density at radius 1 is 1.38 bits per heavy atom. The van der Waals surface area contributed by atoms with E-state index in [-0.39, 0.29) is 5.92 Å². The van der Waals surface area contributed by atoms with Crippen LogP contribution in [0.4, 0.5) is 8.78 Å². The van der Waals surface area contributed by atoms with Crippen molar-refractivity contribution >= 4 is 11.5 Å². The molecule has 0 saturated heterocycles. The summed E-state index contributed by atoms with van der Waals surface area (Å²) in [6, 6.07) is 3.62. The van der Waals surface area contributed by atoms with Crippen molar-refractivity contribution in [2.45, 2.75) is 46.0 Å². The van der Waals surface area contributed by atoms with E-state index in [0.717, 1.165) is 30.9 Å². The third-order valence-electron chi connectivity index (χ3n) is 3.45. The van der Waals surface area contributed by atoms with Crippen molar-refractivity contribution in [1.29, 1.82) is 0 Å². The van der Waals surface area contributed by atoms with E-state index in [9.17, 15) is 13.6 Å². The van der Waals surface area contributed by atoms with Gasteiger partial charge in [0.25, 0.3) is 0 Å². The van der Waals surface area contributed by atoms with E-state index in [4.69, 9.17) is 5.11 Å². The number of halogens is 2. The van der Waals surface area contributed by atoms with E-state index in [2.05, 4.69) is 0 Å². The van der Waals surface area contributed by atoms with Crippen molar-refractivity contribution in [2.24, 2.45) is 5.92 Å². The third kappa shape index (κ3) is 5.66. The summed E-state index contributed by atoms with van der Waals surface area (Å²) in [5.74, 6) is -2.29. The lowest BCUT2D eigenvalue weighted by atomic mass is 9.97. The zero-order valence-corrected chi connectivity index (χ0v) is 12.5. The van der Waals surface area contributed by atoms with E-state index in [1.165, 1.54) is 12.1 Å². The topological polar surface area (TPSA) is 37.3 Å². The summed E-state index contributed by atoms with van der Waals surface area (Å²) in [6.45, 7) is 3.68. The smallest absolute Gasteiger partial charge is 0.306 e. The monoisotopic (exact) mass is 296 g/mol. The molecule has 0 aliphatic heterocycles. The van der Waals surface area contributed by atoms with E-state index in [1.807, 2.05) is 13.0 Å². The van der Waals surface area contributed by atoms with Crippen molar-refractivity contribution in [3.05, 3.63) is 41.5 Å². The van der Waals surface area contributed by atoms with Crippen LogP contribution in [-0.4, -0.2) is 11.1 Å². The maximum Gasteiger partial charge on any atom is 0.306 e. The van der Waals surface area contributed by atoms with Gasteiger partial charge in [0, 0.05) is 11.6 Å². The van der Waals surface area contributed by atoms with Crippen LogP contribution in [0.15, 0.2) is 24.3 Å². The second-order valence-corrected chi connectivity index (χ2v) is 5.27. The Bertz CT molecular complexity index is 510. The average Bonchev–Trinajstić information content (AvgIpc) is 2.42. The predicted octanol–water partition coefficient (Wildman–Crippen LogP) is 5.04. The first-order chi connectivity index (χ1) is 9.95. The summed E-state index contributed by atoms with van der Waals surface area (Å²) >= 11 is 0. The van der Waals surface area contributed by atoms with Gasteiger partial charge >= 0.3 is 5.97 Å². The molecule has 1 atom stereocenters. The number of carboxylic acids is 1. The van der Waals surface area contributed by atoms with Crippen LogP contribution < -0.4 is 0 Å². The number of benzene rings is 1. The second-order valence-electron chi connectivity index (χ2n) is 5.27. The lowest BCUT2D eigenvalue weighted by Crippen LogP contribution is -2.08. The maximum atomic E-state index is 13.8. The van der Waals surface area contributed by atoms with E-state index in [0.29, 0.717) is 18.4 Å². The minimum absolute atomic E-state index is 0.365. The Kier molecular flexibility index (Phi) is 7.06. The molecular weight excluding hydrogens is 274 g/mol. The molecule has 0 fully saturated rings. The van der Waals surface area contributed by atoms with Gasteiger partial charge in [-0.2, -0.15) is 0 Å². The molecule has 0 spiro atoms. The van der Waals surface area contributed by atoms with Crippen molar-refractivity contribution in [3.8, 4) is 0 Å². The van der Waals surface area contributed by atoms with Gasteiger partial charge in [0.1, 0.15) is 11.6 Å². The Morgan fingerprint density at radius 3 is 2.67 bits per heavy atom. The lowest BCUT2D eigenvalue weighted by molar-refractivity contribution is -0.141. The summed E-state index contributed by atoms with van der Waals surface area (Å²) in [5.41, 5.74) is 1.29. The zero-order chi connectivity index (χ0) is 15.8. The van der Waals surface area contributed by atoms with E-state index in [1.54, 1.807) is 6.92 Å². The predicted molar refractivity (Wildman–Crippen MR) is 79.9 cm³/mol. The van der Waals surface area contributed by atoms with Gasteiger partial charge in [0.05, 0.1) is 5.92 Å². The first kappa shape index (κ1) is 17.3. The summed E-state index contributed by atoms with van der Waals surface area (Å²) in [6.07, 6.45) is 5.56. The van der Waals surface area contributed by atoms with Crippen LogP contribution in [0.25, 0.3) is 5.57 Å². The molecule has 4 heteroatoms. The number of hydrogen-bond acceptors (Lipinski definition) is 1. The highest BCUT2D eigenvalue weighted by atomic mass is 19.1. The molecule has 0 bridgehead atoms. The fourth-order valence-corrected chi connectivity index (χ4v) is 2.19. The van der Waals surface area contributed by atoms with Gasteiger partial charge in [-0.3, -0.25) is 4.79 Å². The first-order valence-corrected chi connectivity index (χ1v) is 7.33. The van der Waals surface area contributed by atoms with Gasteiger partial charge in [-0.1, -0.05) is 26.3 Å². The molecule has 116 valence electrons. The van der Waals surface area contributed by atoms with Gasteiger partial charge < -0.3 is 5.11 Å². The van der Waals surface area contributed by atoms with Crippen molar-refractivity contribution in [1.82, 2.24) is 0 Å². The molecule has 2 nitrogen and oxygen atoms in total. The number of allylic oxidation sites excluding steroid dienone is 2. The quantitative estimate of drug-likeness (QED) is 0.682. The number of carboxylic acid groups (broad SMARTS) is 1.